The Morgan fingerprint density at radius 3 is 2.74 bits per heavy atom. The summed E-state index contributed by atoms with van der Waals surface area (Å²) in [4.78, 5) is 11.5. The van der Waals surface area contributed by atoms with Crippen molar-refractivity contribution < 1.29 is 9.53 Å². The van der Waals surface area contributed by atoms with E-state index in [-0.39, 0.29) is 17.4 Å². The minimum absolute atomic E-state index is 0.182. The van der Waals surface area contributed by atoms with Crippen molar-refractivity contribution in [1.82, 2.24) is 5.32 Å². The number of rotatable bonds is 5. The van der Waals surface area contributed by atoms with E-state index in [1.54, 1.807) is 0 Å². The van der Waals surface area contributed by atoms with Gasteiger partial charge in [-0.1, -0.05) is 12.1 Å². The summed E-state index contributed by atoms with van der Waals surface area (Å²) in [6.45, 7) is 6.81. The molecule has 0 heterocycles. The minimum atomic E-state index is -0.182. The van der Waals surface area contributed by atoms with E-state index in [4.69, 9.17) is 4.74 Å². The van der Waals surface area contributed by atoms with Crippen LogP contribution in [-0.4, -0.2) is 18.1 Å². The van der Waals surface area contributed by atoms with Crippen molar-refractivity contribution in [3.05, 3.63) is 29.8 Å². The third-order valence-electron chi connectivity index (χ3n) is 2.98. The number of carbonyl (C=O) groups is 1. The predicted molar refractivity (Wildman–Crippen MR) is 76.3 cm³/mol. The largest absolute Gasteiger partial charge is 0.488 e. The number of amides is 1. The number of hydrogen-bond acceptors (Lipinski definition) is 2. The topological polar surface area (TPSA) is 38.3 Å². The highest BCUT2D eigenvalue weighted by molar-refractivity contribution is 5.80. The second-order valence-corrected chi connectivity index (χ2v) is 6.18. The number of nitrogens with one attached hydrogen (secondary N) is 1. The van der Waals surface area contributed by atoms with Gasteiger partial charge in [-0.05, 0) is 57.7 Å². The van der Waals surface area contributed by atoms with Crippen molar-refractivity contribution >= 4 is 5.91 Å². The molecule has 1 aromatic rings. The first kappa shape index (κ1) is 13.9. The Morgan fingerprint density at radius 1 is 1.37 bits per heavy atom. The van der Waals surface area contributed by atoms with Crippen molar-refractivity contribution in [3.63, 3.8) is 0 Å². The van der Waals surface area contributed by atoms with Gasteiger partial charge >= 0.3 is 0 Å². The summed E-state index contributed by atoms with van der Waals surface area (Å²) in [5.41, 5.74) is 1.01. The van der Waals surface area contributed by atoms with Gasteiger partial charge in [0.2, 0.25) is 5.91 Å². The van der Waals surface area contributed by atoms with Crippen molar-refractivity contribution in [2.45, 2.75) is 45.6 Å². The van der Waals surface area contributed by atoms with Crippen LogP contribution in [0.15, 0.2) is 24.3 Å². The molecular weight excluding hydrogens is 238 g/mol. The molecule has 1 aliphatic carbocycles. The molecule has 1 N–H and O–H groups in total. The molecule has 0 bridgehead atoms. The molecule has 0 radical (unpaired) electrons. The molecule has 19 heavy (non-hydrogen) atoms. The van der Waals surface area contributed by atoms with Crippen LogP contribution in [0.4, 0.5) is 0 Å². The smallest absolute Gasteiger partial charge is 0.223 e. The van der Waals surface area contributed by atoms with E-state index in [9.17, 15) is 4.79 Å². The quantitative estimate of drug-likeness (QED) is 0.885. The van der Waals surface area contributed by atoms with E-state index >= 15 is 0 Å². The van der Waals surface area contributed by atoms with Crippen LogP contribution in [0.1, 0.15) is 39.2 Å². The Bertz CT molecular complexity index is 444. The molecule has 1 amide bonds. The van der Waals surface area contributed by atoms with Crippen LogP contribution in [-0.2, 0) is 11.2 Å². The lowest BCUT2D eigenvalue weighted by Gasteiger charge is -2.21. The Hall–Kier alpha value is -1.51. The molecular formula is C16H23NO2. The molecule has 0 spiro atoms. The van der Waals surface area contributed by atoms with E-state index in [1.165, 1.54) is 5.56 Å². The molecule has 0 unspecified atom stereocenters. The van der Waals surface area contributed by atoms with Crippen LogP contribution in [0, 0.1) is 5.92 Å². The number of ether oxygens (including phenoxy) is 1. The summed E-state index contributed by atoms with van der Waals surface area (Å²) >= 11 is 0. The predicted octanol–water partition coefficient (Wildman–Crippen LogP) is 2.93. The fraction of sp³-hybridized carbons (Fsp3) is 0.562. The van der Waals surface area contributed by atoms with Gasteiger partial charge in [0.25, 0.3) is 0 Å². The van der Waals surface area contributed by atoms with Gasteiger partial charge < -0.3 is 10.1 Å². The highest BCUT2D eigenvalue weighted by atomic mass is 16.5. The Kier molecular flexibility index (Phi) is 4.13. The molecule has 0 aromatic heterocycles. The molecule has 0 aliphatic heterocycles. The minimum Gasteiger partial charge on any atom is -0.488 e. The molecule has 0 atom stereocenters. The Morgan fingerprint density at radius 2 is 2.11 bits per heavy atom. The summed E-state index contributed by atoms with van der Waals surface area (Å²) in [5.74, 6) is 1.39. The molecule has 0 saturated heterocycles. The summed E-state index contributed by atoms with van der Waals surface area (Å²) in [5, 5.41) is 2.98. The maximum absolute atomic E-state index is 11.5. The molecule has 104 valence electrons. The van der Waals surface area contributed by atoms with E-state index in [2.05, 4.69) is 17.4 Å². The molecule has 1 aromatic carbocycles. The van der Waals surface area contributed by atoms with Crippen molar-refractivity contribution in [2.75, 3.05) is 6.54 Å². The van der Waals surface area contributed by atoms with Gasteiger partial charge in [-0.15, -0.1) is 0 Å². The van der Waals surface area contributed by atoms with Gasteiger partial charge in [-0.2, -0.15) is 0 Å². The molecule has 1 saturated carbocycles. The average Bonchev–Trinajstić information content (AvgIpc) is 3.10. The standard InChI is InChI=1S/C16H23NO2/c1-16(2,3)19-14-6-4-5-12(11-14)9-10-17-15(18)13-7-8-13/h4-6,11,13H,7-10H2,1-3H3,(H,17,18). The SMILES string of the molecule is CC(C)(C)Oc1cccc(CCNC(=O)C2CC2)c1. The molecule has 1 fully saturated rings. The third kappa shape index (κ3) is 4.93. The third-order valence-corrected chi connectivity index (χ3v) is 2.98. The fourth-order valence-corrected chi connectivity index (χ4v) is 1.94. The maximum Gasteiger partial charge on any atom is 0.223 e. The average molecular weight is 261 g/mol. The molecule has 2 rings (SSSR count). The first-order chi connectivity index (χ1) is 8.94. The summed E-state index contributed by atoms with van der Waals surface area (Å²) < 4.78 is 5.83. The zero-order chi connectivity index (χ0) is 13.9. The van der Waals surface area contributed by atoms with E-state index in [1.807, 2.05) is 32.9 Å². The highest BCUT2D eigenvalue weighted by Gasteiger charge is 2.28. The monoisotopic (exact) mass is 261 g/mol. The maximum atomic E-state index is 11.5. The van der Waals surface area contributed by atoms with E-state index < -0.39 is 0 Å². The Labute approximate surface area is 115 Å². The second kappa shape index (κ2) is 5.64. The molecule has 3 heteroatoms. The summed E-state index contributed by atoms with van der Waals surface area (Å²) in [7, 11) is 0. The first-order valence-corrected chi connectivity index (χ1v) is 7.00. The Balaban J connectivity index is 1.82. The van der Waals surface area contributed by atoms with Crippen LogP contribution >= 0.6 is 0 Å². The summed E-state index contributed by atoms with van der Waals surface area (Å²) in [6.07, 6.45) is 2.96. The van der Waals surface area contributed by atoms with Gasteiger partial charge in [-0.3, -0.25) is 4.79 Å². The highest BCUT2D eigenvalue weighted by Crippen LogP contribution is 2.28. The van der Waals surface area contributed by atoms with Crippen LogP contribution in [0.3, 0.4) is 0 Å². The zero-order valence-corrected chi connectivity index (χ0v) is 12.0. The van der Waals surface area contributed by atoms with Crippen LogP contribution in [0.25, 0.3) is 0 Å². The fourth-order valence-electron chi connectivity index (χ4n) is 1.94. The normalized spacial score (nSPS) is 15.1. The first-order valence-electron chi connectivity index (χ1n) is 7.00. The van der Waals surface area contributed by atoms with Crippen LogP contribution < -0.4 is 10.1 Å². The van der Waals surface area contributed by atoms with Crippen molar-refractivity contribution in [2.24, 2.45) is 5.92 Å². The zero-order valence-electron chi connectivity index (χ0n) is 12.0. The molecule has 1 aliphatic rings. The van der Waals surface area contributed by atoms with E-state index in [0.717, 1.165) is 25.0 Å². The van der Waals surface area contributed by atoms with Gasteiger partial charge in [0, 0.05) is 12.5 Å². The number of benzene rings is 1. The van der Waals surface area contributed by atoms with Gasteiger partial charge in [0.05, 0.1) is 0 Å². The van der Waals surface area contributed by atoms with Gasteiger partial charge in [0.15, 0.2) is 0 Å². The number of carbonyl (C=O) groups excluding carboxylic acids is 1. The van der Waals surface area contributed by atoms with E-state index in [0.29, 0.717) is 6.54 Å². The van der Waals surface area contributed by atoms with Crippen LogP contribution in [0.2, 0.25) is 0 Å². The van der Waals surface area contributed by atoms with Gasteiger partial charge in [-0.25, -0.2) is 0 Å². The lowest BCUT2D eigenvalue weighted by Crippen LogP contribution is -2.27. The van der Waals surface area contributed by atoms with Crippen LogP contribution in [0.5, 0.6) is 5.75 Å². The molecule has 3 nitrogen and oxygen atoms in total. The lowest BCUT2D eigenvalue weighted by molar-refractivity contribution is -0.122. The van der Waals surface area contributed by atoms with Crippen molar-refractivity contribution in [3.8, 4) is 5.75 Å². The number of hydrogen-bond donors (Lipinski definition) is 1. The van der Waals surface area contributed by atoms with Gasteiger partial charge in [0.1, 0.15) is 11.4 Å². The lowest BCUT2D eigenvalue weighted by atomic mass is 10.1. The summed E-state index contributed by atoms with van der Waals surface area (Å²) in [6, 6.07) is 8.09. The van der Waals surface area contributed by atoms with Crippen molar-refractivity contribution in [1.29, 1.82) is 0 Å². The second-order valence-electron chi connectivity index (χ2n) is 6.18.